The molecule has 1 fully saturated rings. The number of halogens is 1. The van der Waals surface area contributed by atoms with Crippen LogP contribution in [0.2, 0.25) is 0 Å². The van der Waals surface area contributed by atoms with Gasteiger partial charge < -0.3 is 10.6 Å². The molecule has 1 saturated carbocycles. The third-order valence-corrected chi connectivity index (χ3v) is 4.10. The summed E-state index contributed by atoms with van der Waals surface area (Å²) in [7, 11) is 0. The van der Waals surface area contributed by atoms with E-state index in [4.69, 9.17) is 0 Å². The van der Waals surface area contributed by atoms with Crippen molar-refractivity contribution in [2.45, 2.75) is 32.1 Å². The highest BCUT2D eigenvalue weighted by Crippen LogP contribution is 2.25. The Morgan fingerprint density at radius 2 is 2.11 bits per heavy atom. The van der Waals surface area contributed by atoms with Crippen molar-refractivity contribution in [3.8, 4) is 0 Å². The molecule has 1 aromatic rings. The summed E-state index contributed by atoms with van der Waals surface area (Å²) in [5, 5.41) is 6.38. The topological polar surface area (TPSA) is 41.1 Å². The predicted octanol–water partition coefficient (Wildman–Crippen LogP) is 3.00. The lowest BCUT2D eigenvalue weighted by Gasteiger charge is -2.11. The highest BCUT2D eigenvalue weighted by Gasteiger charge is 2.17. The van der Waals surface area contributed by atoms with E-state index in [1.807, 2.05) is 18.2 Å². The monoisotopic (exact) mass is 280 g/mol. The summed E-state index contributed by atoms with van der Waals surface area (Å²) in [5.74, 6) is 0.779. The fraction of sp³-hybridized carbons (Fsp3) is 0.533. The zero-order valence-electron chi connectivity index (χ0n) is 11.1. The molecule has 104 valence electrons. The molecule has 0 radical (unpaired) electrons. The minimum absolute atomic E-state index is 0. The minimum atomic E-state index is 0. The molecule has 1 aromatic carbocycles. The quantitative estimate of drug-likeness (QED) is 0.894. The zero-order chi connectivity index (χ0) is 12.4. The summed E-state index contributed by atoms with van der Waals surface area (Å²) in [6.07, 6.45) is 6.22. The third-order valence-electron chi connectivity index (χ3n) is 4.10. The van der Waals surface area contributed by atoms with E-state index in [0.29, 0.717) is 5.92 Å². The van der Waals surface area contributed by atoms with Crippen LogP contribution >= 0.6 is 12.4 Å². The molecule has 2 aliphatic rings. The smallest absolute Gasteiger partial charge is 0.251 e. The van der Waals surface area contributed by atoms with Gasteiger partial charge in [-0.3, -0.25) is 4.79 Å². The van der Waals surface area contributed by atoms with Gasteiger partial charge in [0.2, 0.25) is 0 Å². The van der Waals surface area contributed by atoms with Gasteiger partial charge in [-0.25, -0.2) is 0 Å². The highest BCUT2D eigenvalue weighted by molar-refractivity contribution is 5.95. The first-order valence-electron chi connectivity index (χ1n) is 6.98. The summed E-state index contributed by atoms with van der Waals surface area (Å²) in [4.78, 5) is 12.1. The number of hydrogen-bond acceptors (Lipinski definition) is 2. The molecule has 19 heavy (non-hydrogen) atoms. The number of rotatable bonds is 3. The minimum Gasteiger partial charge on any atom is -0.384 e. The largest absolute Gasteiger partial charge is 0.384 e. The van der Waals surface area contributed by atoms with Crippen molar-refractivity contribution in [2.75, 3.05) is 18.4 Å². The van der Waals surface area contributed by atoms with Crippen molar-refractivity contribution in [3.63, 3.8) is 0 Å². The molecule has 1 amide bonds. The Bertz CT molecular complexity index is 455. The molecule has 1 aliphatic carbocycles. The van der Waals surface area contributed by atoms with Crippen molar-refractivity contribution < 1.29 is 4.79 Å². The van der Waals surface area contributed by atoms with E-state index in [1.165, 1.54) is 36.9 Å². The van der Waals surface area contributed by atoms with Gasteiger partial charge in [-0.1, -0.05) is 12.8 Å². The van der Waals surface area contributed by atoms with Crippen molar-refractivity contribution in [1.82, 2.24) is 5.32 Å². The Hall–Kier alpha value is -1.22. The number of hydrogen-bond donors (Lipinski definition) is 2. The van der Waals surface area contributed by atoms with Gasteiger partial charge in [-0.15, -0.1) is 12.4 Å². The number of benzene rings is 1. The Labute approximate surface area is 120 Å². The first kappa shape index (κ1) is 14.2. The van der Waals surface area contributed by atoms with Crippen LogP contribution in [0.15, 0.2) is 18.2 Å². The van der Waals surface area contributed by atoms with Crippen molar-refractivity contribution >= 4 is 24.0 Å². The molecular weight excluding hydrogens is 260 g/mol. The van der Waals surface area contributed by atoms with Crippen LogP contribution in [0.1, 0.15) is 41.6 Å². The number of carbonyl (C=O) groups is 1. The summed E-state index contributed by atoms with van der Waals surface area (Å²) in [6, 6.07) is 5.97. The molecule has 3 nitrogen and oxygen atoms in total. The second-order valence-corrected chi connectivity index (χ2v) is 5.41. The summed E-state index contributed by atoms with van der Waals surface area (Å²) >= 11 is 0. The SMILES string of the molecule is Cl.O=C(NCC1CCCC1)c1ccc2c(c1)CCN2. The van der Waals surface area contributed by atoms with Crippen LogP contribution in [0.3, 0.4) is 0 Å². The molecule has 0 saturated heterocycles. The van der Waals surface area contributed by atoms with Crippen LogP contribution in [-0.2, 0) is 6.42 Å². The van der Waals surface area contributed by atoms with E-state index in [0.717, 1.165) is 25.1 Å². The number of amides is 1. The van der Waals surface area contributed by atoms with Crippen LogP contribution in [0.4, 0.5) is 5.69 Å². The van der Waals surface area contributed by atoms with Crippen LogP contribution < -0.4 is 10.6 Å². The van der Waals surface area contributed by atoms with Crippen LogP contribution in [0.25, 0.3) is 0 Å². The van der Waals surface area contributed by atoms with Gasteiger partial charge in [0.05, 0.1) is 0 Å². The fourth-order valence-electron chi connectivity index (χ4n) is 3.00. The molecule has 0 spiro atoms. The molecule has 0 unspecified atom stereocenters. The summed E-state index contributed by atoms with van der Waals surface area (Å²) < 4.78 is 0. The van der Waals surface area contributed by atoms with Gasteiger partial charge in [0.15, 0.2) is 0 Å². The second-order valence-electron chi connectivity index (χ2n) is 5.41. The molecule has 3 rings (SSSR count). The Morgan fingerprint density at radius 3 is 2.89 bits per heavy atom. The fourth-order valence-corrected chi connectivity index (χ4v) is 3.00. The molecule has 2 N–H and O–H groups in total. The Morgan fingerprint density at radius 1 is 1.32 bits per heavy atom. The lowest BCUT2D eigenvalue weighted by atomic mass is 10.1. The second kappa shape index (κ2) is 6.29. The van der Waals surface area contributed by atoms with Gasteiger partial charge in [-0.05, 0) is 48.9 Å². The van der Waals surface area contributed by atoms with E-state index in [9.17, 15) is 4.79 Å². The normalized spacial score (nSPS) is 17.5. The maximum Gasteiger partial charge on any atom is 0.251 e. The average Bonchev–Trinajstić information content (AvgIpc) is 3.05. The zero-order valence-corrected chi connectivity index (χ0v) is 11.9. The highest BCUT2D eigenvalue weighted by atomic mass is 35.5. The molecule has 4 heteroatoms. The number of carbonyl (C=O) groups excluding carboxylic acids is 1. The molecule has 1 aliphatic heterocycles. The van der Waals surface area contributed by atoms with E-state index in [1.54, 1.807) is 0 Å². The van der Waals surface area contributed by atoms with Crippen molar-refractivity contribution in [2.24, 2.45) is 5.92 Å². The van der Waals surface area contributed by atoms with Gasteiger partial charge in [-0.2, -0.15) is 0 Å². The lowest BCUT2D eigenvalue weighted by molar-refractivity contribution is 0.0947. The number of nitrogens with one attached hydrogen (secondary N) is 2. The molecule has 0 atom stereocenters. The predicted molar refractivity (Wildman–Crippen MR) is 80.2 cm³/mol. The number of fused-ring (bicyclic) bond motifs is 1. The van der Waals surface area contributed by atoms with Gasteiger partial charge in [0.1, 0.15) is 0 Å². The van der Waals surface area contributed by atoms with Crippen LogP contribution in [0.5, 0.6) is 0 Å². The standard InChI is InChI=1S/C15H20N2O.ClH/c18-15(17-10-11-3-1-2-4-11)13-5-6-14-12(9-13)7-8-16-14;/h5-6,9,11,16H,1-4,7-8,10H2,(H,17,18);1H. The Balaban J connectivity index is 0.00000133. The van der Waals surface area contributed by atoms with Crippen LogP contribution in [0, 0.1) is 5.92 Å². The summed E-state index contributed by atoms with van der Waals surface area (Å²) in [5.41, 5.74) is 3.25. The van der Waals surface area contributed by atoms with Crippen molar-refractivity contribution in [3.05, 3.63) is 29.3 Å². The van der Waals surface area contributed by atoms with E-state index in [-0.39, 0.29) is 18.3 Å². The van der Waals surface area contributed by atoms with E-state index < -0.39 is 0 Å². The molecule has 0 aromatic heterocycles. The Kier molecular flexibility index (Phi) is 4.70. The third kappa shape index (κ3) is 3.21. The maximum absolute atomic E-state index is 12.1. The number of anilines is 1. The first-order valence-corrected chi connectivity index (χ1v) is 6.98. The summed E-state index contributed by atoms with van der Waals surface area (Å²) in [6.45, 7) is 1.83. The first-order chi connectivity index (χ1) is 8.83. The van der Waals surface area contributed by atoms with Gasteiger partial charge in [0.25, 0.3) is 5.91 Å². The van der Waals surface area contributed by atoms with Crippen molar-refractivity contribution in [1.29, 1.82) is 0 Å². The molecular formula is C15H21ClN2O. The molecule has 0 bridgehead atoms. The molecule has 1 heterocycles. The lowest BCUT2D eigenvalue weighted by Crippen LogP contribution is -2.28. The van der Waals surface area contributed by atoms with E-state index in [2.05, 4.69) is 10.6 Å². The van der Waals surface area contributed by atoms with E-state index >= 15 is 0 Å². The van der Waals surface area contributed by atoms with Gasteiger partial charge in [0, 0.05) is 24.3 Å². The van der Waals surface area contributed by atoms with Crippen LogP contribution in [-0.4, -0.2) is 19.0 Å². The van der Waals surface area contributed by atoms with Gasteiger partial charge >= 0.3 is 0 Å². The average molecular weight is 281 g/mol. The maximum atomic E-state index is 12.1.